The van der Waals surface area contributed by atoms with Gasteiger partial charge in [0.1, 0.15) is 0 Å². The van der Waals surface area contributed by atoms with Gasteiger partial charge in [-0.3, -0.25) is 0 Å². The monoisotopic (exact) mass is 290 g/mol. The summed E-state index contributed by atoms with van der Waals surface area (Å²) in [6, 6.07) is 17.3. The number of benzene rings is 2. The zero-order valence-electron chi connectivity index (χ0n) is 12.8. The van der Waals surface area contributed by atoms with Crippen molar-refractivity contribution < 1.29 is 0 Å². The minimum absolute atomic E-state index is 0.913. The third-order valence-corrected chi connectivity index (χ3v) is 4.01. The third kappa shape index (κ3) is 3.46. The number of rotatable bonds is 7. The van der Waals surface area contributed by atoms with Crippen LogP contribution in [0.5, 0.6) is 0 Å². The van der Waals surface area contributed by atoms with E-state index in [9.17, 15) is 0 Å². The minimum atomic E-state index is 0.913. The van der Waals surface area contributed by atoms with Crippen molar-refractivity contribution in [3.05, 3.63) is 84.1 Å². The molecule has 1 heterocycles. The number of H-pyrrole nitrogens is 1. The quantitative estimate of drug-likeness (QED) is 0.494. The van der Waals surface area contributed by atoms with Crippen LogP contribution in [0.4, 0.5) is 0 Å². The molecule has 0 amide bonds. The Morgan fingerprint density at radius 2 is 1.91 bits per heavy atom. The fourth-order valence-electron chi connectivity index (χ4n) is 2.80. The lowest BCUT2D eigenvalue weighted by molar-refractivity contribution is 0.684. The predicted molar refractivity (Wildman–Crippen MR) is 94.1 cm³/mol. The molecule has 3 aromatic rings. The van der Waals surface area contributed by atoms with Crippen molar-refractivity contribution in [2.45, 2.75) is 19.4 Å². The van der Waals surface area contributed by atoms with E-state index in [2.05, 4.69) is 65.4 Å². The second kappa shape index (κ2) is 7.10. The Morgan fingerprint density at radius 3 is 2.77 bits per heavy atom. The number of aromatic amines is 1. The molecule has 2 aromatic carbocycles. The van der Waals surface area contributed by atoms with Gasteiger partial charge in [0, 0.05) is 18.3 Å². The SMILES string of the molecule is C=CCc1ccccc1CNCCc1ccc2[nH]ccc2c1. The molecule has 0 bridgehead atoms. The van der Waals surface area contributed by atoms with Crippen LogP contribution in [0.3, 0.4) is 0 Å². The smallest absolute Gasteiger partial charge is 0.0454 e. The highest BCUT2D eigenvalue weighted by Gasteiger charge is 2.01. The summed E-state index contributed by atoms with van der Waals surface area (Å²) in [7, 11) is 0. The Bertz CT molecular complexity index is 755. The molecular weight excluding hydrogens is 268 g/mol. The van der Waals surface area contributed by atoms with E-state index in [0.29, 0.717) is 0 Å². The first-order chi connectivity index (χ1) is 10.9. The molecule has 2 nitrogen and oxygen atoms in total. The van der Waals surface area contributed by atoms with E-state index in [0.717, 1.165) is 25.9 Å². The normalized spacial score (nSPS) is 10.9. The highest BCUT2D eigenvalue weighted by molar-refractivity contribution is 5.79. The molecule has 0 aliphatic rings. The maximum Gasteiger partial charge on any atom is 0.0454 e. The van der Waals surface area contributed by atoms with Crippen molar-refractivity contribution >= 4 is 10.9 Å². The molecule has 112 valence electrons. The standard InChI is InChI=1S/C20H22N2/c1-2-5-17-6-3-4-7-19(17)15-21-12-10-16-8-9-20-18(14-16)11-13-22-20/h2-4,6-9,11,13-14,21-22H,1,5,10,12,15H2. The van der Waals surface area contributed by atoms with Gasteiger partial charge in [0.15, 0.2) is 0 Å². The van der Waals surface area contributed by atoms with E-state index < -0.39 is 0 Å². The van der Waals surface area contributed by atoms with Crippen LogP contribution in [-0.2, 0) is 19.4 Å². The molecule has 3 rings (SSSR count). The topological polar surface area (TPSA) is 27.8 Å². The van der Waals surface area contributed by atoms with Crippen LogP contribution in [0, 0.1) is 0 Å². The van der Waals surface area contributed by atoms with Gasteiger partial charge >= 0.3 is 0 Å². The second-order valence-electron chi connectivity index (χ2n) is 5.59. The molecule has 0 radical (unpaired) electrons. The zero-order valence-corrected chi connectivity index (χ0v) is 12.8. The van der Waals surface area contributed by atoms with Crippen LogP contribution >= 0.6 is 0 Å². The van der Waals surface area contributed by atoms with E-state index in [1.165, 1.54) is 27.6 Å². The number of nitrogens with one attached hydrogen (secondary N) is 2. The van der Waals surface area contributed by atoms with Gasteiger partial charge < -0.3 is 10.3 Å². The summed E-state index contributed by atoms with van der Waals surface area (Å²) < 4.78 is 0. The van der Waals surface area contributed by atoms with Crippen molar-refractivity contribution in [3.63, 3.8) is 0 Å². The summed E-state index contributed by atoms with van der Waals surface area (Å²) in [5, 5.41) is 4.83. The van der Waals surface area contributed by atoms with Crippen LogP contribution in [0.15, 0.2) is 67.4 Å². The fraction of sp³-hybridized carbons (Fsp3) is 0.200. The van der Waals surface area contributed by atoms with Gasteiger partial charge in [-0.05, 0) is 59.7 Å². The van der Waals surface area contributed by atoms with Crippen LogP contribution in [-0.4, -0.2) is 11.5 Å². The van der Waals surface area contributed by atoms with Crippen LogP contribution in [0.1, 0.15) is 16.7 Å². The Balaban J connectivity index is 1.54. The largest absolute Gasteiger partial charge is 0.361 e. The molecule has 0 spiro atoms. The molecule has 0 unspecified atom stereocenters. The summed E-state index contributed by atoms with van der Waals surface area (Å²) >= 11 is 0. The van der Waals surface area contributed by atoms with E-state index in [-0.39, 0.29) is 0 Å². The predicted octanol–water partition coefficient (Wildman–Crippen LogP) is 4.23. The number of aromatic nitrogens is 1. The highest BCUT2D eigenvalue weighted by Crippen LogP contribution is 2.14. The Hall–Kier alpha value is -2.32. The fourth-order valence-corrected chi connectivity index (χ4v) is 2.80. The van der Waals surface area contributed by atoms with Crippen LogP contribution in [0.25, 0.3) is 10.9 Å². The number of hydrogen-bond acceptors (Lipinski definition) is 1. The van der Waals surface area contributed by atoms with Crippen molar-refractivity contribution in [2.24, 2.45) is 0 Å². The molecule has 22 heavy (non-hydrogen) atoms. The average molecular weight is 290 g/mol. The van der Waals surface area contributed by atoms with E-state index in [1.807, 2.05) is 12.3 Å². The molecule has 0 aliphatic carbocycles. The van der Waals surface area contributed by atoms with Gasteiger partial charge in [-0.15, -0.1) is 6.58 Å². The van der Waals surface area contributed by atoms with Gasteiger partial charge in [-0.2, -0.15) is 0 Å². The number of fused-ring (bicyclic) bond motifs is 1. The lowest BCUT2D eigenvalue weighted by Crippen LogP contribution is -2.17. The van der Waals surface area contributed by atoms with Crippen molar-refractivity contribution in [3.8, 4) is 0 Å². The number of hydrogen-bond donors (Lipinski definition) is 2. The molecule has 1 aromatic heterocycles. The second-order valence-corrected chi connectivity index (χ2v) is 5.59. The van der Waals surface area contributed by atoms with Crippen LogP contribution in [0.2, 0.25) is 0 Å². The molecular formula is C20H22N2. The van der Waals surface area contributed by atoms with Crippen molar-refractivity contribution in [1.29, 1.82) is 0 Å². The van der Waals surface area contributed by atoms with E-state index in [1.54, 1.807) is 0 Å². The van der Waals surface area contributed by atoms with Crippen LogP contribution < -0.4 is 5.32 Å². The summed E-state index contributed by atoms with van der Waals surface area (Å²) in [5.74, 6) is 0. The summed E-state index contributed by atoms with van der Waals surface area (Å²) in [4.78, 5) is 3.23. The first kappa shape index (κ1) is 14.6. The maximum absolute atomic E-state index is 3.83. The van der Waals surface area contributed by atoms with Gasteiger partial charge in [-0.25, -0.2) is 0 Å². The van der Waals surface area contributed by atoms with Crippen molar-refractivity contribution in [2.75, 3.05) is 6.54 Å². The Morgan fingerprint density at radius 1 is 1.05 bits per heavy atom. The Labute approximate surface area is 131 Å². The van der Waals surface area contributed by atoms with Gasteiger partial charge in [0.25, 0.3) is 0 Å². The molecule has 0 aliphatic heterocycles. The molecule has 2 heteroatoms. The number of allylic oxidation sites excluding steroid dienone is 1. The van der Waals surface area contributed by atoms with Gasteiger partial charge in [-0.1, -0.05) is 36.4 Å². The first-order valence-corrected chi connectivity index (χ1v) is 7.81. The third-order valence-electron chi connectivity index (χ3n) is 4.01. The summed E-state index contributed by atoms with van der Waals surface area (Å²) in [5.41, 5.74) is 5.30. The lowest BCUT2D eigenvalue weighted by Gasteiger charge is -2.09. The maximum atomic E-state index is 3.83. The molecule has 0 saturated heterocycles. The highest BCUT2D eigenvalue weighted by atomic mass is 14.8. The zero-order chi connectivity index (χ0) is 15.2. The van der Waals surface area contributed by atoms with Gasteiger partial charge in [0.05, 0.1) is 0 Å². The van der Waals surface area contributed by atoms with E-state index in [4.69, 9.17) is 0 Å². The Kier molecular flexibility index (Phi) is 4.71. The molecule has 0 saturated carbocycles. The van der Waals surface area contributed by atoms with E-state index >= 15 is 0 Å². The molecule has 2 N–H and O–H groups in total. The molecule has 0 atom stereocenters. The minimum Gasteiger partial charge on any atom is -0.361 e. The molecule has 0 fully saturated rings. The van der Waals surface area contributed by atoms with Gasteiger partial charge in [0.2, 0.25) is 0 Å². The average Bonchev–Trinajstić information content (AvgIpc) is 3.01. The van der Waals surface area contributed by atoms with Crippen molar-refractivity contribution in [1.82, 2.24) is 10.3 Å². The summed E-state index contributed by atoms with van der Waals surface area (Å²) in [6.07, 6.45) is 5.93. The summed E-state index contributed by atoms with van der Waals surface area (Å²) in [6.45, 7) is 5.73. The lowest BCUT2D eigenvalue weighted by atomic mass is 10.0. The first-order valence-electron chi connectivity index (χ1n) is 7.81.